The number of aromatic nitrogens is 2. The lowest BCUT2D eigenvalue weighted by Crippen LogP contribution is -2.46. The number of fused-ring (bicyclic) bond motifs is 1. The average Bonchev–Trinajstić information content (AvgIpc) is 2.95. The molecule has 2 aromatic carbocycles. The molecule has 0 aliphatic heterocycles. The second-order valence-electron chi connectivity index (χ2n) is 6.03. The Balaban J connectivity index is 1.62. The van der Waals surface area contributed by atoms with Gasteiger partial charge in [0, 0.05) is 5.69 Å². The van der Waals surface area contributed by atoms with Gasteiger partial charge in [0.25, 0.3) is 0 Å². The topological polar surface area (TPSA) is 57.8 Å². The second kappa shape index (κ2) is 5.19. The molecule has 0 unspecified atom stereocenters. The summed E-state index contributed by atoms with van der Waals surface area (Å²) in [7, 11) is 0. The number of anilines is 1. The van der Waals surface area contributed by atoms with Crippen LogP contribution in [0.2, 0.25) is 0 Å². The highest BCUT2D eigenvalue weighted by molar-refractivity contribution is 6.00. The molecule has 1 aliphatic carbocycles. The number of nitrogens with zero attached hydrogens (tertiary/aromatic N) is 1. The summed E-state index contributed by atoms with van der Waals surface area (Å²) in [6.07, 6.45) is 4.21. The minimum absolute atomic E-state index is 0.0331. The number of imidazole rings is 1. The summed E-state index contributed by atoms with van der Waals surface area (Å²) in [5.74, 6) is -0.317. The van der Waals surface area contributed by atoms with Crippen molar-refractivity contribution < 1.29 is 9.18 Å². The molecule has 1 saturated carbocycles. The van der Waals surface area contributed by atoms with E-state index in [1.165, 1.54) is 12.1 Å². The maximum absolute atomic E-state index is 13.2. The van der Waals surface area contributed by atoms with Crippen LogP contribution in [-0.2, 0) is 10.2 Å². The molecule has 4 nitrogen and oxygen atoms in total. The van der Waals surface area contributed by atoms with Crippen LogP contribution in [0.15, 0.2) is 48.8 Å². The maximum Gasteiger partial charge on any atom is 0.235 e. The summed E-state index contributed by atoms with van der Waals surface area (Å²) in [5.41, 5.74) is 2.81. The van der Waals surface area contributed by atoms with Crippen molar-refractivity contribution in [1.29, 1.82) is 0 Å². The van der Waals surface area contributed by atoms with Gasteiger partial charge in [-0.05, 0) is 48.7 Å². The Morgan fingerprint density at radius 1 is 1.17 bits per heavy atom. The van der Waals surface area contributed by atoms with Gasteiger partial charge < -0.3 is 10.3 Å². The Labute approximate surface area is 132 Å². The van der Waals surface area contributed by atoms with E-state index in [1.807, 2.05) is 18.2 Å². The third-order valence-corrected chi connectivity index (χ3v) is 4.72. The Bertz CT molecular complexity index is 865. The lowest BCUT2D eigenvalue weighted by atomic mass is 9.64. The summed E-state index contributed by atoms with van der Waals surface area (Å²) >= 11 is 0. The first-order valence-corrected chi connectivity index (χ1v) is 7.68. The van der Waals surface area contributed by atoms with Gasteiger partial charge in [-0.1, -0.05) is 18.6 Å². The molecule has 2 N–H and O–H groups in total. The molecular formula is C18H16FN3O. The predicted octanol–water partition coefficient (Wildman–Crippen LogP) is 3.76. The van der Waals surface area contributed by atoms with Crippen LogP contribution in [0.1, 0.15) is 24.8 Å². The fourth-order valence-electron chi connectivity index (χ4n) is 3.21. The molecule has 0 radical (unpaired) electrons. The molecule has 1 aromatic heterocycles. The highest BCUT2D eigenvalue weighted by Gasteiger charge is 2.45. The Hall–Kier alpha value is -2.69. The van der Waals surface area contributed by atoms with E-state index in [4.69, 9.17) is 0 Å². The van der Waals surface area contributed by atoms with Crippen LogP contribution < -0.4 is 5.32 Å². The molecule has 1 fully saturated rings. The number of hydrogen-bond donors (Lipinski definition) is 2. The first-order valence-electron chi connectivity index (χ1n) is 7.68. The van der Waals surface area contributed by atoms with Crippen molar-refractivity contribution in [3.05, 3.63) is 60.2 Å². The maximum atomic E-state index is 13.2. The molecule has 116 valence electrons. The van der Waals surface area contributed by atoms with Crippen molar-refractivity contribution in [1.82, 2.24) is 9.97 Å². The Kier molecular flexibility index (Phi) is 3.15. The van der Waals surface area contributed by atoms with E-state index in [2.05, 4.69) is 15.3 Å². The number of carbonyl (C=O) groups excluding carboxylic acids is 1. The molecule has 0 atom stereocenters. The number of H-pyrrole nitrogens is 1. The van der Waals surface area contributed by atoms with Crippen LogP contribution in [0.4, 0.5) is 10.1 Å². The van der Waals surface area contributed by atoms with E-state index < -0.39 is 5.41 Å². The number of benzene rings is 2. The largest absolute Gasteiger partial charge is 0.345 e. The number of carbonyl (C=O) groups is 1. The highest BCUT2D eigenvalue weighted by Crippen LogP contribution is 2.44. The lowest BCUT2D eigenvalue weighted by Gasteiger charge is -2.40. The van der Waals surface area contributed by atoms with Crippen LogP contribution >= 0.6 is 0 Å². The molecule has 0 saturated heterocycles. The van der Waals surface area contributed by atoms with Crippen LogP contribution in [0, 0.1) is 5.82 Å². The zero-order valence-corrected chi connectivity index (χ0v) is 12.5. The quantitative estimate of drug-likeness (QED) is 0.774. The first kappa shape index (κ1) is 13.9. The summed E-state index contributed by atoms with van der Waals surface area (Å²) in [6, 6.07) is 11.8. The van der Waals surface area contributed by atoms with Crippen molar-refractivity contribution >= 4 is 22.6 Å². The first-order chi connectivity index (χ1) is 11.2. The summed E-state index contributed by atoms with van der Waals surface area (Å²) < 4.78 is 13.2. The number of halogens is 1. The van der Waals surface area contributed by atoms with Crippen molar-refractivity contribution in [2.24, 2.45) is 0 Å². The number of hydrogen-bond acceptors (Lipinski definition) is 2. The van der Waals surface area contributed by atoms with Gasteiger partial charge in [0.05, 0.1) is 22.8 Å². The van der Waals surface area contributed by atoms with Gasteiger partial charge in [0.15, 0.2) is 0 Å². The molecule has 23 heavy (non-hydrogen) atoms. The Morgan fingerprint density at radius 2 is 1.96 bits per heavy atom. The molecule has 1 heterocycles. The standard InChI is InChI=1S/C18H16FN3O/c19-13-4-2-12(3-5-13)18(8-1-9-18)17(23)22-14-6-7-15-16(10-14)21-11-20-15/h2-7,10-11H,1,8-9H2,(H,20,21)(H,22,23). The number of nitrogens with one attached hydrogen (secondary N) is 2. The van der Waals surface area contributed by atoms with Crippen molar-refractivity contribution in [2.45, 2.75) is 24.7 Å². The third-order valence-electron chi connectivity index (χ3n) is 4.72. The minimum Gasteiger partial charge on any atom is -0.345 e. The molecule has 0 spiro atoms. The van der Waals surface area contributed by atoms with E-state index in [0.717, 1.165) is 41.5 Å². The van der Waals surface area contributed by atoms with Gasteiger partial charge >= 0.3 is 0 Å². The van der Waals surface area contributed by atoms with Crippen LogP contribution in [0.3, 0.4) is 0 Å². The number of amides is 1. The fourth-order valence-corrected chi connectivity index (χ4v) is 3.21. The van der Waals surface area contributed by atoms with Gasteiger partial charge in [-0.25, -0.2) is 9.37 Å². The molecule has 0 bridgehead atoms. The van der Waals surface area contributed by atoms with E-state index >= 15 is 0 Å². The monoisotopic (exact) mass is 309 g/mol. The predicted molar refractivity (Wildman–Crippen MR) is 86.7 cm³/mol. The zero-order chi connectivity index (χ0) is 15.9. The number of aromatic amines is 1. The minimum atomic E-state index is -0.545. The smallest absolute Gasteiger partial charge is 0.235 e. The SMILES string of the molecule is O=C(Nc1ccc2nc[nH]c2c1)C1(c2ccc(F)cc2)CCC1. The van der Waals surface area contributed by atoms with Crippen molar-refractivity contribution in [3.8, 4) is 0 Å². The van der Waals surface area contributed by atoms with Crippen LogP contribution in [0.25, 0.3) is 11.0 Å². The summed E-state index contributed by atoms with van der Waals surface area (Å²) in [5, 5.41) is 3.00. The second-order valence-corrected chi connectivity index (χ2v) is 6.03. The van der Waals surface area contributed by atoms with E-state index in [1.54, 1.807) is 18.5 Å². The van der Waals surface area contributed by atoms with Gasteiger partial charge in [0.1, 0.15) is 5.82 Å². The average molecular weight is 309 g/mol. The van der Waals surface area contributed by atoms with Gasteiger partial charge in [-0.2, -0.15) is 0 Å². The third kappa shape index (κ3) is 2.29. The highest BCUT2D eigenvalue weighted by atomic mass is 19.1. The van der Waals surface area contributed by atoms with Crippen LogP contribution in [0.5, 0.6) is 0 Å². The molecule has 3 aromatic rings. The van der Waals surface area contributed by atoms with E-state index in [-0.39, 0.29) is 11.7 Å². The molecule has 1 aliphatic rings. The van der Waals surface area contributed by atoms with Gasteiger partial charge in [-0.3, -0.25) is 4.79 Å². The van der Waals surface area contributed by atoms with E-state index in [9.17, 15) is 9.18 Å². The molecule has 5 heteroatoms. The molecule has 1 amide bonds. The number of rotatable bonds is 3. The lowest BCUT2D eigenvalue weighted by molar-refractivity contribution is -0.124. The van der Waals surface area contributed by atoms with Crippen molar-refractivity contribution in [2.75, 3.05) is 5.32 Å². The van der Waals surface area contributed by atoms with Crippen molar-refractivity contribution in [3.63, 3.8) is 0 Å². The molecular weight excluding hydrogens is 293 g/mol. The van der Waals surface area contributed by atoms with Crippen LogP contribution in [-0.4, -0.2) is 15.9 Å². The fraction of sp³-hybridized carbons (Fsp3) is 0.222. The summed E-state index contributed by atoms with van der Waals surface area (Å²) in [6.45, 7) is 0. The molecule has 4 rings (SSSR count). The van der Waals surface area contributed by atoms with E-state index in [0.29, 0.717) is 0 Å². The van der Waals surface area contributed by atoms with Gasteiger partial charge in [0.2, 0.25) is 5.91 Å². The summed E-state index contributed by atoms with van der Waals surface area (Å²) in [4.78, 5) is 20.0. The Morgan fingerprint density at radius 3 is 2.65 bits per heavy atom. The zero-order valence-electron chi connectivity index (χ0n) is 12.5. The normalized spacial score (nSPS) is 16.0. The van der Waals surface area contributed by atoms with Gasteiger partial charge in [-0.15, -0.1) is 0 Å².